The number of nitrogens with zero attached hydrogens (tertiary/aromatic N) is 6. The summed E-state index contributed by atoms with van der Waals surface area (Å²) in [4.78, 5) is 57.3. The zero-order valence-corrected chi connectivity index (χ0v) is 39.4. The first kappa shape index (κ1) is 46.8. The maximum Gasteiger partial charge on any atom is 0.247 e. The van der Waals surface area contributed by atoms with Crippen molar-refractivity contribution >= 4 is 29.5 Å². The van der Waals surface area contributed by atoms with Crippen LogP contribution in [0.4, 0.5) is 0 Å². The summed E-state index contributed by atoms with van der Waals surface area (Å²) >= 11 is 2.03. The minimum atomic E-state index is -0.388. The molecule has 16 heteroatoms. The molecule has 3 N–H and O–H groups in total. The molecule has 64 heavy (non-hydrogen) atoms. The number of thioether (sulfide) groups is 1. The van der Waals surface area contributed by atoms with Crippen molar-refractivity contribution in [2.24, 2.45) is 23.7 Å². The van der Waals surface area contributed by atoms with Gasteiger partial charge in [0.25, 0.3) is 0 Å². The van der Waals surface area contributed by atoms with Crippen molar-refractivity contribution in [3.63, 3.8) is 0 Å². The van der Waals surface area contributed by atoms with Crippen LogP contribution in [-0.4, -0.2) is 119 Å². The second-order valence-corrected chi connectivity index (χ2v) is 20.7. The lowest BCUT2D eigenvalue weighted by molar-refractivity contribution is -0.135. The summed E-state index contributed by atoms with van der Waals surface area (Å²) in [5.41, 5.74) is 2.77. The summed E-state index contributed by atoms with van der Waals surface area (Å²) < 4.78 is 16.4. The molecule has 10 rings (SSSR count). The summed E-state index contributed by atoms with van der Waals surface area (Å²) in [5, 5.41) is 9.86. The smallest absolute Gasteiger partial charge is 0.247 e. The third-order valence-corrected chi connectivity index (χ3v) is 16.6. The van der Waals surface area contributed by atoms with Crippen LogP contribution >= 0.6 is 11.8 Å². The van der Waals surface area contributed by atoms with Crippen molar-refractivity contribution < 1.29 is 27.6 Å². The van der Waals surface area contributed by atoms with Crippen LogP contribution in [0.1, 0.15) is 149 Å². The average Bonchev–Trinajstić information content (AvgIpc) is 3.99. The molecule has 3 aromatic rings. The van der Waals surface area contributed by atoms with Gasteiger partial charge in [0.2, 0.25) is 17.7 Å². The Labute approximate surface area is 383 Å². The van der Waals surface area contributed by atoms with E-state index in [0.29, 0.717) is 34.4 Å². The van der Waals surface area contributed by atoms with Gasteiger partial charge < -0.3 is 43.9 Å². The lowest BCUT2D eigenvalue weighted by Gasteiger charge is -2.29. The largest absolute Gasteiger partial charge is 0.446 e. The fourth-order valence-corrected chi connectivity index (χ4v) is 13.0. The van der Waals surface area contributed by atoms with Gasteiger partial charge in [-0.25, -0.2) is 15.0 Å². The van der Waals surface area contributed by atoms with Crippen LogP contribution in [0.25, 0.3) is 0 Å². The highest BCUT2D eigenvalue weighted by Crippen LogP contribution is 2.46. The third-order valence-electron chi connectivity index (χ3n) is 15.2. The van der Waals surface area contributed by atoms with Crippen LogP contribution in [-0.2, 0) is 33.6 Å². The molecular weight excluding hydrogens is 831 g/mol. The number of carbonyl (C=O) groups excluding carboxylic acids is 3. The highest BCUT2D eigenvalue weighted by Gasteiger charge is 2.41. The molecule has 0 radical (unpaired) electrons. The Morgan fingerprint density at radius 3 is 1.56 bits per heavy atom. The number of carbonyl (C=O) groups is 3. The molecule has 3 aromatic heterocycles. The SMILES string of the molecule is CNC1C(=O)N(CC2CC3CCCC2C3)CCc2ncoc21.CNC1C(=O)N(CC2CCCCCC2)CCc2ncoc21.CNC1C(=O)N(CC2CCCCCS2)CCc2ncoc21. The van der Waals surface area contributed by atoms with Crippen molar-refractivity contribution in [2.45, 2.75) is 139 Å². The Morgan fingerprint density at radius 2 is 1.05 bits per heavy atom. The van der Waals surface area contributed by atoms with E-state index >= 15 is 0 Å². The van der Waals surface area contributed by atoms with Gasteiger partial charge in [0, 0.05) is 63.8 Å². The van der Waals surface area contributed by atoms with Crippen LogP contribution in [0.5, 0.6) is 0 Å². The second kappa shape index (κ2) is 22.6. The van der Waals surface area contributed by atoms with Crippen molar-refractivity contribution in [2.75, 3.05) is 66.2 Å². The lowest BCUT2D eigenvalue weighted by Crippen LogP contribution is -2.42. The molecule has 352 valence electrons. The number of hydrogen-bond acceptors (Lipinski definition) is 13. The van der Waals surface area contributed by atoms with Crippen molar-refractivity contribution in [3.05, 3.63) is 53.5 Å². The topological polar surface area (TPSA) is 175 Å². The number of hydrogen-bond donors (Lipinski definition) is 3. The Hall–Kier alpha value is -3.73. The zero-order valence-electron chi connectivity index (χ0n) is 38.6. The van der Waals surface area contributed by atoms with E-state index in [1.807, 2.05) is 35.7 Å². The average molecular weight is 904 g/mol. The van der Waals surface area contributed by atoms with Crippen LogP contribution in [0.15, 0.2) is 32.4 Å². The fraction of sp³-hybridized carbons (Fsp3) is 0.750. The fourth-order valence-electron chi connectivity index (χ4n) is 11.7. The summed E-state index contributed by atoms with van der Waals surface area (Å²) in [6.07, 6.45) is 26.6. The van der Waals surface area contributed by atoms with Crippen LogP contribution < -0.4 is 16.0 Å². The van der Waals surface area contributed by atoms with E-state index < -0.39 is 0 Å². The van der Waals surface area contributed by atoms with Gasteiger partial charge in [-0.05, 0) is 89.1 Å². The van der Waals surface area contributed by atoms with Crippen molar-refractivity contribution in [1.82, 2.24) is 45.6 Å². The van der Waals surface area contributed by atoms with Gasteiger partial charge in [0.1, 0.15) is 18.1 Å². The van der Waals surface area contributed by atoms with Gasteiger partial charge in [-0.2, -0.15) is 11.8 Å². The molecule has 7 atom stereocenters. The molecule has 7 heterocycles. The molecule has 7 unspecified atom stereocenters. The number of aromatic nitrogens is 3. The number of likely N-dealkylation sites (N-methyl/N-ethyl adjacent to an activating group) is 3. The lowest BCUT2D eigenvalue weighted by atomic mass is 9.87. The summed E-state index contributed by atoms with van der Waals surface area (Å²) in [6.45, 7) is 4.93. The maximum absolute atomic E-state index is 12.9. The maximum atomic E-state index is 12.9. The molecule has 3 amide bonds. The predicted molar refractivity (Wildman–Crippen MR) is 245 cm³/mol. The van der Waals surface area contributed by atoms with E-state index in [1.54, 1.807) is 7.05 Å². The van der Waals surface area contributed by atoms with E-state index in [9.17, 15) is 14.4 Å². The number of oxazole rings is 3. The molecule has 0 aromatic carbocycles. The van der Waals surface area contributed by atoms with Crippen LogP contribution in [0.3, 0.4) is 0 Å². The Kier molecular flexibility index (Phi) is 16.6. The van der Waals surface area contributed by atoms with Gasteiger partial charge in [-0.1, -0.05) is 57.8 Å². The molecule has 3 saturated carbocycles. The zero-order chi connectivity index (χ0) is 44.4. The molecular formula is C48H73N9O6S. The molecule has 1 saturated heterocycles. The van der Waals surface area contributed by atoms with E-state index in [0.717, 1.165) is 87.4 Å². The summed E-state index contributed by atoms with van der Waals surface area (Å²) in [7, 11) is 5.43. The van der Waals surface area contributed by atoms with E-state index in [1.165, 1.54) is 121 Å². The second-order valence-electron chi connectivity index (χ2n) is 19.2. The number of amides is 3. The Bertz CT molecular complexity index is 1860. The highest BCUT2D eigenvalue weighted by atomic mass is 32.2. The Morgan fingerprint density at radius 1 is 0.562 bits per heavy atom. The van der Waals surface area contributed by atoms with Gasteiger partial charge in [-0.15, -0.1) is 0 Å². The first-order chi connectivity index (χ1) is 31.3. The summed E-state index contributed by atoms with van der Waals surface area (Å²) in [5.74, 6) is 6.86. The van der Waals surface area contributed by atoms with Gasteiger partial charge in [-0.3, -0.25) is 14.4 Å². The molecule has 7 aliphatic rings. The first-order valence-corrected chi connectivity index (χ1v) is 25.7. The quantitative estimate of drug-likeness (QED) is 0.201. The summed E-state index contributed by atoms with van der Waals surface area (Å²) in [6, 6.07) is -1.14. The van der Waals surface area contributed by atoms with E-state index in [-0.39, 0.29) is 35.8 Å². The predicted octanol–water partition coefficient (Wildman–Crippen LogP) is 6.43. The molecule has 2 bridgehead atoms. The van der Waals surface area contributed by atoms with Crippen LogP contribution in [0.2, 0.25) is 0 Å². The molecule has 4 fully saturated rings. The number of rotatable bonds is 9. The highest BCUT2D eigenvalue weighted by molar-refractivity contribution is 7.99. The van der Waals surface area contributed by atoms with Gasteiger partial charge in [0.05, 0.1) is 17.1 Å². The molecule has 15 nitrogen and oxygen atoms in total. The molecule has 0 spiro atoms. The molecule has 4 aliphatic heterocycles. The normalized spacial score (nSPS) is 28.8. The number of nitrogens with one attached hydrogen (secondary N) is 3. The Balaban J connectivity index is 0.000000131. The van der Waals surface area contributed by atoms with Gasteiger partial charge in [0.15, 0.2) is 36.5 Å². The molecule has 3 aliphatic carbocycles. The minimum Gasteiger partial charge on any atom is -0.446 e. The van der Waals surface area contributed by atoms with Crippen molar-refractivity contribution in [1.29, 1.82) is 0 Å². The monoisotopic (exact) mass is 904 g/mol. The van der Waals surface area contributed by atoms with E-state index in [4.69, 9.17) is 13.3 Å². The minimum absolute atomic E-state index is 0.123. The number of fused-ring (bicyclic) bond motifs is 5. The van der Waals surface area contributed by atoms with Crippen molar-refractivity contribution in [3.8, 4) is 0 Å². The van der Waals surface area contributed by atoms with E-state index in [2.05, 4.69) is 35.8 Å². The van der Waals surface area contributed by atoms with Crippen LogP contribution in [0, 0.1) is 23.7 Å². The van der Waals surface area contributed by atoms with Gasteiger partial charge >= 0.3 is 0 Å². The first-order valence-electron chi connectivity index (χ1n) is 24.6. The third kappa shape index (κ3) is 11.1. The standard InChI is InChI=1S/C17H25N3O2.C16H25N3O2.C15H23N3O2S/c1-18-15-16-14(19-10-22-16)5-6-20(17(15)21)9-13-8-11-3-2-4-12(13)7-11;1-17-14-15-13(18-11-21-15)8-9-19(16(14)20)10-12-6-4-2-3-5-7-12;1-16-13-14-12(17-10-20-14)6-7-18(15(13)19)9-11-5-3-2-4-8-21-11/h10-13,15,18H,2-9H2,1H3;11-12,14,17H,2-10H2,1H3;10-11,13,16H,2-9H2,1H3.